The molecule has 1 rings (SSSR count). The van der Waals surface area contributed by atoms with Crippen molar-refractivity contribution < 1.29 is 0 Å². The van der Waals surface area contributed by atoms with Gasteiger partial charge in [0.1, 0.15) is 5.15 Å². The smallest absolute Gasteiger partial charge is 0.131 e. The van der Waals surface area contributed by atoms with Gasteiger partial charge >= 0.3 is 0 Å². The van der Waals surface area contributed by atoms with Gasteiger partial charge in [0.15, 0.2) is 0 Å². The Kier molecular flexibility index (Phi) is 4.27. The molecule has 0 N–H and O–H groups in total. The summed E-state index contributed by atoms with van der Waals surface area (Å²) >= 11 is 12.0. The molecular weight excluding hydrogens is 219 g/mol. The summed E-state index contributed by atoms with van der Waals surface area (Å²) in [4.78, 5) is 0. The molecule has 0 saturated heterocycles. The highest BCUT2D eigenvalue weighted by molar-refractivity contribution is 6.31. The molecule has 0 amide bonds. The summed E-state index contributed by atoms with van der Waals surface area (Å²) in [5.41, 5.74) is 2.00. The van der Waals surface area contributed by atoms with Crippen molar-refractivity contribution in [2.45, 2.75) is 39.6 Å². The lowest BCUT2D eigenvalue weighted by Crippen LogP contribution is -2.06. The van der Waals surface area contributed by atoms with Crippen LogP contribution in [0.3, 0.4) is 0 Å². The fraction of sp³-hybridized carbons (Fsp3) is 0.700. The van der Waals surface area contributed by atoms with Crippen molar-refractivity contribution in [2.24, 2.45) is 5.92 Å². The fourth-order valence-corrected chi connectivity index (χ4v) is 2.04. The van der Waals surface area contributed by atoms with Gasteiger partial charge in [0, 0.05) is 12.1 Å². The summed E-state index contributed by atoms with van der Waals surface area (Å²) in [6.45, 7) is 7.20. The summed E-state index contributed by atoms with van der Waals surface area (Å²) in [5.74, 6) is 0.986. The normalized spacial score (nSPS) is 11.3. The van der Waals surface area contributed by atoms with Gasteiger partial charge in [-0.2, -0.15) is 5.10 Å². The fourth-order valence-electron chi connectivity index (χ4n) is 1.41. The molecule has 0 saturated carbocycles. The Hall–Kier alpha value is -0.210. The van der Waals surface area contributed by atoms with Crippen LogP contribution in [0.25, 0.3) is 0 Å². The van der Waals surface area contributed by atoms with Gasteiger partial charge in [-0.15, -0.1) is 11.6 Å². The predicted molar refractivity (Wildman–Crippen MR) is 61.0 cm³/mol. The third-order valence-corrected chi connectivity index (χ3v) is 2.76. The van der Waals surface area contributed by atoms with Crippen molar-refractivity contribution in [3.8, 4) is 0 Å². The van der Waals surface area contributed by atoms with Gasteiger partial charge in [-0.3, -0.25) is 4.68 Å². The van der Waals surface area contributed by atoms with Crippen LogP contribution in [0, 0.1) is 5.92 Å². The molecule has 0 aromatic carbocycles. The molecule has 2 nitrogen and oxygen atoms in total. The number of hydrogen-bond acceptors (Lipinski definition) is 1. The Labute approximate surface area is 95.2 Å². The molecule has 4 heteroatoms. The summed E-state index contributed by atoms with van der Waals surface area (Å²) in [6.07, 6.45) is 0.882. The van der Waals surface area contributed by atoms with Gasteiger partial charge < -0.3 is 0 Å². The first-order valence-electron chi connectivity index (χ1n) is 4.90. The van der Waals surface area contributed by atoms with Crippen LogP contribution in [-0.2, 0) is 18.8 Å². The van der Waals surface area contributed by atoms with Crippen LogP contribution in [0.2, 0.25) is 5.15 Å². The van der Waals surface area contributed by atoms with E-state index in [2.05, 4.69) is 25.9 Å². The van der Waals surface area contributed by atoms with Gasteiger partial charge in [-0.05, 0) is 12.3 Å². The minimum absolute atomic E-state index is 0.445. The number of aryl methyl sites for hydroxylation is 1. The first-order chi connectivity index (χ1) is 6.60. The van der Waals surface area contributed by atoms with Gasteiger partial charge in [0.2, 0.25) is 0 Å². The molecule has 80 valence electrons. The van der Waals surface area contributed by atoms with Crippen LogP contribution in [-0.4, -0.2) is 9.78 Å². The third kappa shape index (κ3) is 2.43. The summed E-state index contributed by atoms with van der Waals surface area (Å²) < 4.78 is 1.85. The van der Waals surface area contributed by atoms with E-state index in [-0.39, 0.29) is 0 Å². The first-order valence-corrected chi connectivity index (χ1v) is 5.81. The molecule has 14 heavy (non-hydrogen) atoms. The van der Waals surface area contributed by atoms with Crippen molar-refractivity contribution in [1.29, 1.82) is 0 Å². The zero-order valence-electron chi connectivity index (χ0n) is 8.85. The molecule has 0 aliphatic carbocycles. The van der Waals surface area contributed by atoms with Gasteiger partial charge in [-0.1, -0.05) is 32.4 Å². The van der Waals surface area contributed by atoms with Crippen molar-refractivity contribution in [1.82, 2.24) is 9.78 Å². The minimum Gasteiger partial charge on any atom is -0.253 e. The van der Waals surface area contributed by atoms with Gasteiger partial charge in [0.05, 0.1) is 11.6 Å². The molecule has 0 bridgehead atoms. The molecule has 0 aliphatic heterocycles. The molecular formula is C10H16Cl2N2. The summed E-state index contributed by atoms with van der Waals surface area (Å²) in [6, 6.07) is 0. The Morgan fingerprint density at radius 1 is 1.43 bits per heavy atom. The highest BCUT2D eigenvalue weighted by Crippen LogP contribution is 2.23. The number of alkyl halides is 1. The van der Waals surface area contributed by atoms with E-state index in [0.29, 0.717) is 17.0 Å². The SMILES string of the molecule is CCc1nn(CC(C)C)c(Cl)c1CCl. The summed E-state index contributed by atoms with van der Waals surface area (Å²) in [5, 5.41) is 5.14. The van der Waals surface area contributed by atoms with E-state index >= 15 is 0 Å². The van der Waals surface area contributed by atoms with E-state index in [1.165, 1.54) is 0 Å². The summed E-state index contributed by atoms with van der Waals surface area (Å²) in [7, 11) is 0. The quantitative estimate of drug-likeness (QED) is 0.730. The van der Waals surface area contributed by atoms with E-state index in [1.54, 1.807) is 0 Å². The van der Waals surface area contributed by atoms with Crippen LogP contribution in [0.5, 0.6) is 0 Å². The highest BCUT2D eigenvalue weighted by Gasteiger charge is 2.14. The maximum absolute atomic E-state index is 6.17. The minimum atomic E-state index is 0.445. The molecule has 0 aliphatic rings. The van der Waals surface area contributed by atoms with Gasteiger partial charge in [0.25, 0.3) is 0 Å². The molecule has 0 unspecified atom stereocenters. The Balaban J connectivity index is 3.01. The molecule has 1 aromatic rings. The van der Waals surface area contributed by atoms with Crippen LogP contribution in [0.4, 0.5) is 0 Å². The van der Waals surface area contributed by atoms with E-state index in [0.717, 1.165) is 24.2 Å². The number of rotatable bonds is 4. The van der Waals surface area contributed by atoms with Crippen molar-refractivity contribution in [2.75, 3.05) is 0 Å². The zero-order valence-corrected chi connectivity index (χ0v) is 10.4. The topological polar surface area (TPSA) is 17.8 Å². The van der Waals surface area contributed by atoms with Crippen LogP contribution in [0.15, 0.2) is 0 Å². The number of aromatic nitrogens is 2. The predicted octanol–water partition coefficient (Wildman–Crippen LogP) is 3.49. The lowest BCUT2D eigenvalue weighted by atomic mass is 10.2. The third-order valence-electron chi connectivity index (χ3n) is 2.07. The average molecular weight is 235 g/mol. The van der Waals surface area contributed by atoms with Crippen molar-refractivity contribution in [3.63, 3.8) is 0 Å². The average Bonchev–Trinajstić information content (AvgIpc) is 2.42. The Morgan fingerprint density at radius 3 is 2.43 bits per heavy atom. The van der Waals surface area contributed by atoms with Gasteiger partial charge in [-0.25, -0.2) is 0 Å². The Bertz CT molecular complexity index is 305. The molecule has 0 radical (unpaired) electrons. The van der Waals surface area contributed by atoms with E-state index in [1.807, 2.05) is 4.68 Å². The Morgan fingerprint density at radius 2 is 2.07 bits per heavy atom. The second-order valence-electron chi connectivity index (χ2n) is 3.78. The van der Waals surface area contributed by atoms with Crippen LogP contribution in [0.1, 0.15) is 32.0 Å². The standard InChI is InChI=1S/C10H16Cl2N2/c1-4-9-8(5-11)10(12)14(13-9)6-7(2)3/h7H,4-6H2,1-3H3. The van der Waals surface area contributed by atoms with E-state index in [9.17, 15) is 0 Å². The maximum Gasteiger partial charge on any atom is 0.131 e. The van der Waals surface area contributed by atoms with Crippen LogP contribution < -0.4 is 0 Å². The maximum atomic E-state index is 6.17. The lowest BCUT2D eigenvalue weighted by molar-refractivity contribution is 0.480. The molecule has 1 heterocycles. The number of hydrogen-bond donors (Lipinski definition) is 0. The van der Waals surface area contributed by atoms with Crippen molar-refractivity contribution in [3.05, 3.63) is 16.4 Å². The second kappa shape index (κ2) is 5.04. The first kappa shape index (κ1) is 11.9. The number of nitrogens with zero attached hydrogens (tertiary/aromatic N) is 2. The molecule has 1 aromatic heterocycles. The largest absolute Gasteiger partial charge is 0.253 e. The monoisotopic (exact) mass is 234 g/mol. The highest BCUT2D eigenvalue weighted by atomic mass is 35.5. The van der Waals surface area contributed by atoms with Crippen LogP contribution >= 0.6 is 23.2 Å². The lowest BCUT2D eigenvalue weighted by Gasteiger charge is -2.05. The van der Waals surface area contributed by atoms with E-state index < -0.39 is 0 Å². The molecule has 0 spiro atoms. The zero-order chi connectivity index (χ0) is 10.7. The van der Waals surface area contributed by atoms with Crippen molar-refractivity contribution >= 4 is 23.2 Å². The molecule has 0 atom stereocenters. The second-order valence-corrected chi connectivity index (χ2v) is 4.40. The molecule has 0 fully saturated rings. The number of halogens is 2. The van der Waals surface area contributed by atoms with E-state index in [4.69, 9.17) is 23.2 Å².